The Labute approximate surface area is 157 Å². The maximum Gasteiger partial charge on any atom is 0.230 e. The van der Waals surface area contributed by atoms with Crippen molar-refractivity contribution in [1.82, 2.24) is 5.32 Å². The van der Waals surface area contributed by atoms with E-state index in [0.717, 1.165) is 22.2 Å². The smallest absolute Gasteiger partial charge is 0.230 e. The highest BCUT2D eigenvalue weighted by Crippen LogP contribution is 2.34. The van der Waals surface area contributed by atoms with E-state index in [0.29, 0.717) is 29.2 Å². The molecule has 4 nitrogen and oxygen atoms in total. The minimum absolute atomic E-state index is 0.135. The van der Waals surface area contributed by atoms with Gasteiger partial charge in [0.1, 0.15) is 0 Å². The molecular formula is C18H26BrNO3S. The fraction of sp³-hybridized carbons (Fsp3) is 0.611. The lowest BCUT2D eigenvalue weighted by Gasteiger charge is -2.29. The van der Waals surface area contributed by atoms with Crippen LogP contribution in [-0.4, -0.2) is 31.9 Å². The van der Waals surface area contributed by atoms with Gasteiger partial charge in [-0.25, -0.2) is 0 Å². The molecule has 24 heavy (non-hydrogen) atoms. The lowest BCUT2D eigenvalue weighted by atomic mass is 9.86. The summed E-state index contributed by atoms with van der Waals surface area (Å²) in [4.78, 5) is 12.2. The molecule has 0 saturated heterocycles. The van der Waals surface area contributed by atoms with E-state index < -0.39 is 0 Å². The maximum absolute atomic E-state index is 12.2. The van der Waals surface area contributed by atoms with E-state index in [1.807, 2.05) is 12.1 Å². The van der Waals surface area contributed by atoms with Crippen LogP contribution in [0.2, 0.25) is 0 Å². The minimum atomic E-state index is 0.135. The molecular weight excluding hydrogens is 390 g/mol. The van der Waals surface area contributed by atoms with Gasteiger partial charge < -0.3 is 14.8 Å². The third kappa shape index (κ3) is 5.31. The molecule has 0 spiro atoms. The number of hydrogen-bond acceptors (Lipinski definition) is 4. The Bertz CT molecular complexity index is 567. The van der Waals surface area contributed by atoms with Crippen molar-refractivity contribution in [2.75, 3.05) is 20.0 Å². The van der Waals surface area contributed by atoms with E-state index in [4.69, 9.17) is 9.47 Å². The average molecular weight is 416 g/mol. The molecule has 0 heterocycles. The molecule has 0 aromatic heterocycles. The van der Waals surface area contributed by atoms with Crippen molar-refractivity contribution >= 4 is 33.6 Å². The molecule has 2 atom stereocenters. The second kappa shape index (κ2) is 9.56. The molecule has 1 fully saturated rings. The predicted molar refractivity (Wildman–Crippen MR) is 103 cm³/mol. The number of carbonyl (C=O) groups excluding carboxylic acids is 1. The lowest BCUT2D eigenvalue weighted by Crippen LogP contribution is -2.41. The van der Waals surface area contributed by atoms with Gasteiger partial charge in [0, 0.05) is 16.3 Å². The number of thioether (sulfide) groups is 1. The maximum atomic E-state index is 12.2. The minimum Gasteiger partial charge on any atom is -0.493 e. The number of methoxy groups -OCH3 is 2. The number of ether oxygens (including phenoxy) is 2. The first-order valence-corrected chi connectivity index (χ1v) is 10.3. The van der Waals surface area contributed by atoms with Crippen molar-refractivity contribution < 1.29 is 14.3 Å². The SMILES string of the molecule is COc1cc(Br)c(CSCC(=O)N[C@H]2CCCC[C@H]2C)cc1OC. The normalized spacial score (nSPS) is 20.5. The molecule has 1 saturated carbocycles. The number of hydrogen-bond donors (Lipinski definition) is 1. The summed E-state index contributed by atoms with van der Waals surface area (Å²) in [6.07, 6.45) is 4.84. The number of rotatable bonds is 7. The quantitative estimate of drug-likeness (QED) is 0.716. The zero-order valence-corrected chi connectivity index (χ0v) is 17.0. The first kappa shape index (κ1) is 19.4. The molecule has 0 radical (unpaired) electrons. The van der Waals surface area contributed by atoms with E-state index in [1.165, 1.54) is 19.3 Å². The van der Waals surface area contributed by atoms with Crippen molar-refractivity contribution in [2.24, 2.45) is 5.92 Å². The molecule has 0 unspecified atom stereocenters. The number of amides is 1. The van der Waals surface area contributed by atoms with Crippen molar-refractivity contribution in [3.63, 3.8) is 0 Å². The summed E-state index contributed by atoms with van der Waals surface area (Å²) in [5.41, 5.74) is 1.09. The fourth-order valence-electron chi connectivity index (χ4n) is 3.04. The van der Waals surface area contributed by atoms with Crippen LogP contribution in [0.15, 0.2) is 16.6 Å². The van der Waals surface area contributed by atoms with Gasteiger partial charge in [-0.15, -0.1) is 11.8 Å². The average Bonchev–Trinajstić information content (AvgIpc) is 2.58. The highest BCUT2D eigenvalue weighted by atomic mass is 79.9. The van der Waals surface area contributed by atoms with Gasteiger partial charge in [-0.1, -0.05) is 35.7 Å². The van der Waals surface area contributed by atoms with Crippen molar-refractivity contribution in [1.29, 1.82) is 0 Å². The van der Waals surface area contributed by atoms with Gasteiger partial charge >= 0.3 is 0 Å². The molecule has 0 aliphatic heterocycles. The summed E-state index contributed by atoms with van der Waals surface area (Å²) in [5, 5.41) is 3.19. The predicted octanol–water partition coefficient (Wildman–Crippen LogP) is 4.39. The molecule has 1 N–H and O–H groups in total. The van der Waals surface area contributed by atoms with Crippen molar-refractivity contribution in [2.45, 2.75) is 44.4 Å². The van der Waals surface area contributed by atoms with E-state index in [-0.39, 0.29) is 5.91 Å². The van der Waals surface area contributed by atoms with Gasteiger partial charge in [0.2, 0.25) is 5.91 Å². The van der Waals surface area contributed by atoms with Crippen LogP contribution in [0.25, 0.3) is 0 Å². The fourth-order valence-corrected chi connectivity index (χ4v) is 4.52. The third-order valence-electron chi connectivity index (χ3n) is 4.50. The Morgan fingerprint density at radius 3 is 2.58 bits per heavy atom. The van der Waals surface area contributed by atoms with Crippen LogP contribution < -0.4 is 14.8 Å². The zero-order chi connectivity index (χ0) is 17.5. The van der Waals surface area contributed by atoms with Crippen molar-refractivity contribution in [3.05, 3.63) is 22.2 Å². The molecule has 1 amide bonds. The standard InChI is InChI=1S/C18H26BrNO3S/c1-12-6-4-5-7-15(12)20-18(21)11-24-10-13-8-16(22-2)17(23-3)9-14(13)19/h8-9,12,15H,4-7,10-11H2,1-3H3,(H,20,21)/t12-,15+/m1/s1. The Kier molecular flexibility index (Phi) is 7.75. The number of halogens is 1. The summed E-state index contributed by atoms with van der Waals surface area (Å²) in [7, 11) is 3.25. The second-order valence-corrected chi connectivity index (χ2v) is 8.07. The zero-order valence-electron chi connectivity index (χ0n) is 14.6. The van der Waals surface area contributed by atoms with Crippen LogP contribution in [0, 0.1) is 5.92 Å². The van der Waals surface area contributed by atoms with Gasteiger partial charge in [0.05, 0.1) is 20.0 Å². The first-order chi connectivity index (χ1) is 11.5. The van der Waals surface area contributed by atoms with Crippen LogP contribution in [0.3, 0.4) is 0 Å². The van der Waals surface area contributed by atoms with Gasteiger partial charge in [0.15, 0.2) is 11.5 Å². The van der Waals surface area contributed by atoms with E-state index >= 15 is 0 Å². The molecule has 1 aromatic carbocycles. The molecule has 1 aromatic rings. The van der Waals surface area contributed by atoms with E-state index in [9.17, 15) is 4.79 Å². The molecule has 0 bridgehead atoms. The highest BCUT2D eigenvalue weighted by molar-refractivity contribution is 9.10. The first-order valence-electron chi connectivity index (χ1n) is 8.32. The van der Waals surface area contributed by atoms with E-state index in [1.54, 1.807) is 26.0 Å². The summed E-state index contributed by atoms with van der Waals surface area (Å²) in [6.45, 7) is 2.23. The van der Waals surface area contributed by atoms with Gasteiger partial charge in [-0.3, -0.25) is 4.79 Å². The van der Waals surface area contributed by atoms with Crippen LogP contribution in [-0.2, 0) is 10.5 Å². The number of nitrogens with one attached hydrogen (secondary N) is 1. The number of carbonyl (C=O) groups is 1. The Morgan fingerprint density at radius 2 is 1.92 bits per heavy atom. The Morgan fingerprint density at radius 1 is 1.25 bits per heavy atom. The summed E-state index contributed by atoms with van der Waals surface area (Å²) in [5.74, 6) is 3.35. The van der Waals surface area contributed by atoms with Crippen molar-refractivity contribution in [3.8, 4) is 11.5 Å². The van der Waals surface area contributed by atoms with Crippen LogP contribution in [0.1, 0.15) is 38.2 Å². The topological polar surface area (TPSA) is 47.6 Å². The largest absolute Gasteiger partial charge is 0.493 e. The molecule has 1 aliphatic carbocycles. The second-order valence-electron chi connectivity index (χ2n) is 6.23. The van der Waals surface area contributed by atoms with E-state index in [2.05, 4.69) is 28.2 Å². The van der Waals surface area contributed by atoms with Crippen LogP contribution >= 0.6 is 27.7 Å². The van der Waals surface area contributed by atoms with Crippen LogP contribution in [0.5, 0.6) is 11.5 Å². The third-order valence-corrected chi connectivity index (χ3v) is 6.22. The molecule has 134 valence electrons. The van der Waals surface area contributed by atoms with Gasteiger partial charge in [-0.05, 0) is 36.5 Å². The lowest BCUT2D eigenvalue weighted by molar-refractivity contribution is -0.119. The Hall–Kier alpha value is -0.880. The molecule has 2 rings (SSSR count). The van der Waals surface area contributed by atoms with Gasteiger partial charge in [0.25, 0.3) is 0 Å². The highest BCUT2D eigenvalue weighted by Gasteiger charge is 2.22. The summed E-state index contributed by atoms with van der Waals surface area (Å²) < 4.78 is 11.6. The van der Waals surface area contributed by atoms with Gasteiger partial charge in [-0.2, -0.15) is 0 Å². The molecule has 1 aliphatic rings. The van der Waals surface area contributed by atoms with Crippen LogP contribution in [0.4, 0.5) is 0 Å². The monoisotopic (exact) mass is 415 g/mol. The Balaban J connectivity index is 1.84. The summed E-state index contributed by atoms with van der Waals surface area (Å²) in [6, 6.07) is 4.20. The molecule has 6 heteroatoms. The number of benzene rings is 1. The summed E-state index contributed by atoms with van der Waals surface area (Å²) >= 11 is 5.17.